The molecule has 1 aliphatic rings. The van der Waals surface area contributed by atoms with Gasteiger partial charge < -0.3 is 24.2 Å². The van der Waals surface area contributed by atoms with Gasteiger partial charge in [0.1, 0.15) is 23.0 Å². The Morgan fingerprint density at radius 1 is 0.872 bits per heavy atom. The summed E-state index contributed by atoms with van der Waals surface area (Å²) < 4.78 is 17.5. The SMILES string of the molecule is CC(C)COc1cccc(/C(O)=C2/C(=O)C(=O)N(CCOC(C)C)C2c2cccc(Oc3ccccc3)c2)c1. The van der Waals surface area contributed by atoms with Crippen molar-refractivity contribution >= 4 is 17.4 Å². The lowest BCUT2D eigenvalue weighted by Crippen LogP contribution is -2.33. The molecule has 1 unspecified atom stereocenters. The number of benzene rings is 3. The Labute approximate surface area is 229 Å². The molecule has 204 valence electrons. The molecule has 1 saturated heterocycles. The molecule has 7 heteroatoms. The Bertz CT molecular complexity index is 1330. The summed E-state index contributed by atoms with van der Waals surface area (Å²) in [5.41, 5.74) is 1.05. The predicted molar refractivity (Wildman–Crippen MR) is 150 cm³/mol. The highest BCUT2D eigenvalue weighted by molar-refractivity contribution is 6.46. The van der Waals surface area contributed by atoms with E-state index in [1.165, 1.54) is 4.90 Å². The average Bonchev–Trinajstić information content (AvgIpc) is 3.17. The fourth-order valence-electron chi connectivity index (χ4n) is 4.37. The van der Waals surface area contributed by atoms with Crippen LogP contribution in [-0.2, 0) is 14.3 Å². The van der Waals surface area contributed by atoms with Gasteiger partial charge in [-0.1, -0.05) is 56.3 Å². The van der Waals surface area contributed by atoms with Crippen LogP contribution in [0.5, 0.6) is 17.2 Å². The van der Waals surface area contributed by atoms with Gasteiger partial charge in [-0.2, -0.15) is 0 Å². The molecule has 1 fully saturated rings. The topological polar surface area (TPSA) is 85.3 Å². The zero-order valence-electron chi connectivity index (χ0n) is 22.8. The number of Topliss-reactive ketones (excluding diaryl/α,β-unsaturated/α-hetero) is 1. The van der Waals surface area contributed by atoms with E-state index in [-0.39, 0.29) is 30.6 Å². The second-order valence-electron chi connectivity index (χ2n) is 10.1. The van der Waals surface area contributed by atoms with Crippen LogP contribution >= 0.6 is 0 Å². The van der Waals surface area contributed by atoms with Gasteiger partial charge in [0, 0.05) is 12.1 Å². The zero-order valence-corrected chi connectivity index (χ0v) is 22.8. The third-order valence-electron chi connectivity index (χ3n) is 6.17. The summed E-state index contributed by atoms with van der Waals surface area (Å²) in [6.07, 6.45) is -0.0311. The maximum absolute atomic E-state index is 13.4. The fraction of sp³-hybridized carbons (Fsp3) is 0.312. The Hall–Kier alpha value is -4.10. The summed E-state index contributed by atoms with van der Waals surface area (Å²) in [5, 5.41) is 11.4. The van der Waals surface area contributed by atoms with Crippen molar-refractivity contribution in [2.75, 3.05) is 19.8 Å². The molecule has 1 heterocycles. The third-order valence-corrected chi connectivity index (χ3v) is 6.17. The molecule has 39 heavy (non-hydrogen) atoms. The number of aliphatic hydroxyl groups excluding tert-OH is 1. The van der Waals surface area contributed by atoms with Crippen LogP contribution in [-0.4, -0.2) is 47.6 Å². The summed E-state index contributed by atoms with van der Waals surface area (Å²) in [6, 6.07) is 22.7. The maximum Gasteiger partial charge on any atom is 0.295 e. The van der Waals surface area contributed by atoms with Crippen LogP contribution in [0.25, 0.3) is 5.76 Å². The van der Waals surface area contributed by atoms with Crippen LogP contribution < -0.4 is 9.47 Å². The summed E-state index contributed by atoms with van der Waals surface area (Å²) in [7, 11) is 0. The van der Waals surface area contributed by atoms with Crippen LogP contribution in [0.4, 0.5) is 0 Å². The molecule has 0 aromatic heterocycles. The molecule has 0 saturated carbocycles. The van der Waals surface area contributed by atoms with Gasteiger partial charge in [0.15, 0.2) is 0 Å². The van der Waals surface area contributed by atoms with Crippen LogP contribution in [0.15, 0.2) is 84.4 Å². The highest BCUT2D eigenvalue weighted by atomic mass is 16.5. The van der Waals surface area contributed by atoms with Crippen molar-refractivity contribution in [1.82, 2.24) is 4.90 Å². The summed E-state index contributed by atoms with van der Waals surface area (Å²) in [5.74, 6) is 0.419. The van der Waals surface area contributed by atoms with Gasteiger partial charge in [-0.15, -0.1) is 0 Å². The molecule has 1 aliphatic heterocycles. The second-order valence-corrected chi connectivity index (χ2v) is 10.1. The van der Waals surface area contributed by atoms with Crippen LogP contribution in [0, 0.1) is 5.92 Å². The average molecular weight is 530 g/mol. The molecule has 4 rings (SSSR count). The molecule has 0 bridgehead atoms. The Balaban J connectivity index is 1.75. The number of amides is 1. The van der Waals surface area contributed by atoms with Gasteiger partial charge >= 0.3 is 0 Å². The van der Waals surface area contributed by atoms with Crippen molar-refractivity contribution in [3.8, 4) is 17.2 Å². The number of hydrogen-bond donors (Lipinski definition) is 1. The Morgan fingerprint density at radius 3 is 2.28 bits per heavy atom. The normalized spacial score (nSPS) is 16.8. The van der Waals surface area contributed by atoms with Gasteiger partial charge in [-0.25, -0.2) is 0 Å². The minimum atomic E-state index is -0.819. The molecular weight excluding hydrogens is 494 g/mol. The number of carbonyl (C=O) groups is 2. The van der Waals surface area contributed by atoms with Crippen LogP contribution in [0.1, 0.15) is 44.9 Å². The van der Waals surface area contributed by atoms with Gasteiger partial charge in [-0.3, -0.25) is 9.59 Å². The van der Waals surface area contributed by atoms with E-state index >= 15 is 0 Å². The largest absolute Gasteiger partial charge is 0.507 e. The van der Waals surface area contributed by atoms with E-state index in [0.717, 1.165) is 0 Å². The molecule has 0 spiro atoms. The van der Waals surface area contributed by atoms with Crippen LogP contribution in [0.2, 0.25) is 0 Å². The highest BCUT2D eigenvalue weighted by Gasteiger charge is 2.46. The zero-order chi connectivity index (χ0) is 27.9. The second kappa shape index (κ2) is 12.6. The number of carbonyl (C=O) groups excluding carboxylic acids is 2. The van der Waals surface area contributed by atoms with Crippen molar-refractivity contribution < 1.29 is 28.9 Å². The molecule has 3 aromatic carbocycles. The predicted octanol–water partition coefficient (Wildman–Crippen LogP) is 6.36. The molecular formula is C32H35NO6. The van der Waals surface area contributed by atoms with Crippen molar-refractivity contribution in [3.63, 3.8) is 0 Å². The minimum absolute atomic E-state index is 0.0161. The molecule has 7 nitrogen and oxygen atoms in total. The van der Waals surface area contributed by atoms with Crippen molar-refractivity contribution in [3.05, 3.63) is 95.6 Å². The lowest BCUT2D eigenvalue weighted by Gasteiger charge is -2.26. The monoisotopic (exact) mass is 529 g/mol. The van der Waals surface area contributed by atoms with Gasteiger partial charge in [0.2, 0.25) is 0 Å². The number of ketones is 1. The van der Waals surface area contributed by atoms with Gasteiger partial charge in [0.25, 0.3) is 11.7 Å². The molecule has 3 aromatic rings. The standard InChI is InChI=1S/C32H35NO6/c1-21(2)20-38-26-14-9-11-24(19-26)30(34)28-29(33(32(36)31(28)35)16-17-37-22(3)4)23-10-8-15-27(18-23)39-25-12-6-5-7-13-25/h5-15,18-19,21-22,29,34H,16-17,20H2,1-4H3/b30-28-. The number of likely N-dealkylation sites (tertiary alicyclic amines) is 1. The van der Waals surface area contributed by atoms with E-state index in [1.54, 1.807) is 42.5 Å². The van der Waals surface area contributed by atoms with E-state index in [0.29, 0.717) is 40.9 Å². The van der Waals surface area contributed by atoms with Crippen molar-refractivity contribution in [2.45, 2.75) is 39.8 Å². The number of ether oxygens (including phenoxy) is 3. The number of aliphatic hydroxyl groups is 1. The summed E-state index contributed by atoms with van der Waals surface area (Å²) in [6.45, 7) is 8.85. The fourth-order valence-corrected chi connectivity index (χ4v) is 4.37. The molecule has 1 atom stereocenters. The molecule has 1 amide bonds. The highest BCUT2D eigenvalue weighted by Crippen LogP contribution is 2.40. The first-order valence-electron chi connectivity index (χ1n) is 13.2. The lowest BCUT2D eigenvalue weighted by molar-refractivity contribution is -0.140. The van der Waals surface area contributed by atoms with E-state index in [1.807, 2.05) is 64.1 Å². The van der Waals surface area contributed by atoms with Crippen molar-refractivity contribution in [2.24, 2.45) is 5.92 Å². The minimum Gasteiger partial charge on any atom is -0.507 e. The first-order valence-corrected chi connectivity index (χ1v) is 13.2. The first-order chi connectivity index (χ1) is 18.7. The van der Waals surface area contributed by atoms with Gasteiger partial charge in [-0.05, 0) is 61.7 Å². The van der Waals surface area contributed by atoms with E-state index in [2.05, 4.69) is 0 Å². The molecule has 0 aliphatic carbocycles. The quantitative estimate of drug-likeness (QED) is 0.177. The molecule has 0 radical (unpaired) electrons. The van der Waals surface area contributed by atoms with E-state index in [9.17, 15) is 14.7 Å². The summed E-state index contributed by atoms with van der Waals surface area (Å²) >= 11 is 0. The van der Waals surface area contributed by atoms with Crippen LogP contribution in [0.3, 0.4) is 0 Å². The number of para-hydroxylation sites is 1. The first kappa shape index (κ1) is 27.9. The Morgan fingerprint density at radius 2 is 1.56 bits per heavy atom. The smallest absolute Gasteiger partial charge is 0.295 e. The van der Waals surface area contributed by atoms with Crippen molar-refractivity contribution in [1.29, 1.82) is 0 Å². The summed E-state index contributed by atoms with van der Waals surface area (Å²) in [4.78, 5) is 28.1. The lowest BCUT2D eigenvalue weighted by atomic mass is 9.95. The number of nitrogens with zero attached hydrogens (tertiary/aromatic N) is 1. The van der Waals surface area contributed by atoms with E-state index < -0.39 is 17.7 Å². The Kier molecular flexibility index (Phi) is 9.04. The number of hydrogen-bond acceptors (Lipinski definition) is 6. The maximum atomic E-state index is 13.4. The van der Waals surface area contributed by atoms with E-state index in [4.69, 9.17) is 14.2 Å². The number of rotatable bonds is 11. The van der Waals surface area contributed by atoms with Gasteiger partial charge in [0.05, 0.1) is 30.9 Å². The third kappa shape index (κ3) is 6.86. The molecule has 1 N–H and O–H groups in total.